The molecule has 3 aromatic rings. The van der Waals surface area contributed by atoms with Crippen molar-refractivity contribution in [2.24, 2.45) is 0 Å². The molecule has 0 heterocycles. The van der Waals surface area contributed by atoms with E-state index in [1.807, 2.05) is 72.8 Å². The van der Waals surface area contributed by atoms with Crippen LogP contribution in [0.2, 0.25) is 0 Å². The highest BCUT2D eigenvalue weighted by Gasteiger charge is 2.07. The van der Waals surface area contributed by atoms with Gasteiger partial charge in [-0.3, -0.25) is 0 Å². The van der Waals surface area contributed by atoms with Gasteiger partial charge in [-0.25, -0.2) is 0 Å². The first-order valence-electron chi connectivity index (χ1n) is 7.45. The molecule has 1 unspecified atom stereocenters. The molecule has 0 aliphatic carbocycles. The fraction of sp³-hybridized carbons (Fsp3) is 0.0476. The maximum absolute atomic E-state index is 3.50. The predicted octanol–water partition coefficient (Wildman–Crippen LogP) is 5.65. The first kappa shape index (κ1) is 15.4. The Morgan fingerprint density at radius 3 is 2.00 bits per heavy atom. The molecule has 0 aromatic heterocycles. The molecule has 0 aliphatic heterocycles. The van der Waals surface area contributed by atoms with Gasteiger partial charge in [-0.05, 0) is 42.0 Å². The van der Waals surface area contributed by atoms with Gasteiger partial charge in [-0.2, -0.15) is 0 Å². The molecular formula is C21H16BrN. The molecule has 1 atom stereocenters. The van der Waals surface area contributed by atoms with E-state index in [9.17, 15) is 0 Å². The lowest BCUT2D eigenvalue weighted by atomic mass is 10.1. The van der Waals surface area contributed by atoms with Gasteiger partial charge in [0.15, 0.2) is 0 Å². The number of nitrogens with one attached hydrogen (secondary N) is 1. The summed E-state index contributed by atoms with van der Waals surface area (Å²) in [4.78, 5) is 0. The van der Waals surface area contributed by atoms with Crippen LogP contribution in [0.4, 0.5) is 5.69 Å². The van der Waals surface area contributed by atoms with Crippen molar-refractivity contribution in [2.75, 3.05) is 5.32 Å². The van der Waals surface area contributed by atoms with E-state index in [4.69, 9.17) is 0 Å². The van der Waals surface area contributed by atoms with Crippen molar-refractivity contribution in [1.82, 2.24) is 0 Å². The van der Waals surface area contributed by atoms with Crippen molar-refractivity contribution >= 4 is 21.6 Å². The van der Waals surface area contributed by atoms with Crippen molar-refractivity contribution in [1.29, 1.82) is 0 Å². The first-order valence-corrected chi connectivity index (χ1v) is 8.24. The minimum absolute atomic E-state index is 0.0578. The number of hydrogen-bond donors (Lipinski definition) is 1. The van der Waals surface area contributed by atoms with Crippen molar-refractivity contribution in [3.05, 3.63) is 101 Å². The summed E-state index contributed by atoms with van der Waals surface area (Å²) < 4.78 is 1.06. The molecule has 0 bridgehead atoms. The highest BCUT2D eigenvalue weighted by atomic mass is 79.9. The highest BCUT2D eigenvalue weighted by molar-refractivity contribution is 9.10. The molecule has 2 heteroatoms. The molecule has 0 saturated carbocycles. The molecule has 3 aromatic carbocycles. The molecule has 1 N–H and O–H groups in total. The summed E-state index contributed by atoms with van der Waals surface area (Å²) in [6.07, 6.45) is 0. The zero-order valence-corrected chi connectivity index (χ0v) is 14.1. The Balaban J connectivity index is 1.88. The molecule has 0 fully saturated rings. The summed E-state index contributed by atoms with van der Waals surface area (Å²) in [5.74, 6) is 6.60. The Labute approximate surface area is 145 Å². The number of benzene rings is 3. The number of hydrogen-bond acceptors (Lipinski definition) is 1. The molecule has 0 amide bonds. The van der Waals surface area contributed by atoms with Gasteiger partial charge >= 0.3 is 0 Å². The third kappa shape index (κ3) is 4.48. The van der Waals surface area contributed by atoms with Crippen LogP contribution in [0.15, 0.2) is 89.4 Å². The SMILES string of the molecule is Brc1ccc(NC(C#Cc2ccccc2)c2ccccc2)cc1. The summed E-state index contributed by atoms with van der Waals surface area (Å²) in [5.41, 5.74) is 3.22. The summed E-state index contributed by atoms with van der Waals surface area (Å²) in [7, 11) is 0. The molecule has 0 aliphatic rings. The second-order valence-corrected chi connectivity index (χ2v) is 6.05. The monoisotopic (exact) mass is 361 g/mol. The van der Waals surface area contributed by atoms with E-state index in [0.717, 1.165) is 21.3 Å². The smallest absolute Gasteiger partial charge is 0.114 e. The highest BCUT2D eigenvalue weighted by Crippen LogP contribution is 2.21. The van der Waals surface area contributed by atoms with E-state index in [1.165, 1.54) is 0 Å². The minimum atomic E-state index is -0.0578. The Bertz CT molecular complexity index is 799. The Morgan fingerprint density at radius 1 is 0.739 bits per heavy atom. The van der Waals surface area contributed by atoms with Gasteiger partial charge in [0.05, 0.1) is 0 Å². The molecule has 23 heavy (non-hydrogen) atoms. The third-order valence-corrected chi connectivity index (χ3v) is 3.95. The van der Waals surface area contributed by atoms with Crippen LogP contribution < -0.4 is 5.32 Å². The molecule has 0 spiro atoms. The van der Waals surface area contributed by atoms with Crippen molar-refractivity contribution in [3.63, 3.8) is 0 Å². The van der Waals surface area contributed by atoms with Crippen LogP contribution in [0, 0.1) is 11.8 Å². The number of halogens is 1. The maximum Gasteiger partial charge on any atom is 0.114 e. The molecule has 1 nitrogen and oxygen atoms in total. The zero-order chi connectivity index (χ0) is 15.9. The summed E-state index contributed by atoms with van der Waals surface area (Å²) in [6.45, 7) is 0. The minimum Gasteiger partial charge on any atom is -0.368 e. The van der Waals surface area contributed by atoms with E-state index in [1.54, 1.807) is 0 Å². The van der Waals surface area contributed by atoms with E-state index < -0.39 is 0 Å². The largest absolute Gasteiger partial charge is 0.368 e. The Kier molecular flexibility index (Phi) is 5.13. The van der Waals surface area contributed by atoms with Gasteiger partial charge < -0.3 is 5.32 Å². The van der Waals surface area contributed by atoms with E-state index in [2.05, 4.69) is 45.2 Å². The molecular weight excluding hydrogens is 346 g/mol. The molecule has 0 radical (unpaired) electrons. The predicted molar refractivity (Wildman–Crippen MR) is 100 cm³/mol. The quantitative estimate of drug-likeness (QED) is 0.594. The lowest BCUT2D eigenvalue weighted by Gasteiger charge is -2.15. The van der Waals surface area contributed by atoms with E-state index >= 15 is 0 Å². The van der Waals surface area contributed by atoms with Gasteiger partial charge in [-0.1, -0.05) is 76.3 Å². The summed E-state index contributed by atoms with van der Waals surface area (Å²) >= 11 is 3.46. The second-order valence-electron chi connectivity index (χ2n) is 5.13. The number of rotatable bonds is 3. The van der Waals surface area contributed by atoms with Crippen LogP contribution in [0.5, 0.6) is 0 Å². The van der Waals surface area contributed by atoms with Crippen LogP contribution in [0.25, 0.3) is 0 Å². The number of anilines is 1. The lowest BCUT2D eigenvalue weighted by Crippen LogP contribution is -2.08. The molecule has 0 saturated heterocycles. The van der Waals surface area contributed by atoms with Crippen molar-refractivity contribution < 1.29 is 0 Å². The van der Waals surface area contributed by atoms with Crippen LogP contribution in [-0.4, -0.2) is 0 Å². The van der Waals surface area contributed by atoms with Crippen LogP contribution in [0.3, 0.4) is 0 Å². The van der Waals surface area contributed by atoms with Crippen LogP contribution in [0.1, 0.15) is 17.2 Å². The lowest BCUT2D eigenvalue weighted by molar-refractivity contribution is 1.02. The molecule has 112 valence electrons. The average Bonchev–Trinajstić information content (AvgIpc) is 2.62. The normalized spacial score (nSPS) is 11.2. The van der Waals surface area contributed by atoms with E-state index in [-0.39, 0.29) is 6.04 Å². The van der Waals surface area contributed by atoms with Crippen molar-refractivity contribution in [3.8, 4) is 11.8 Å². The standard InChI is InChI=1S/C21H16BrN/c22-19-12-14-20(15-13-19)23-21(18-9-5-2-6-10-18)16-11-17-7-3-1-4-8-17/h1-10,12-15,21,23H. The average molecular weight is 362 g/mol. The van der Waals surface area contributed by atoms with Gasteiger partial charge in [0.2, 0.25) is 0 Å². The fourth-order valence-electron chi connectivity index (χ4n) is 2.24. The van der Waals surface area contributed by atoms with Gasteiger partial charge in [0.25, 0.3) is 0 Å². The van der Waals surface area contributed by atoms with E-state index in [0.29, 0.717) is 0 Å². The molecule has 3 rings (SSSR count). The first-order chi connectivity index (χ1) is 11.3. The summed E-state index contributed by atoms with van der Waals surface area (Å²) in [6, 6.07) is 28.4. The Hall–Kier alpha value is -2.50. The fourth-order valence-corrected chi connectivity index (χ4v) is 2.50. The van der Waals surface area contributed by atoms with Crippen LogP contribution >= 0.6 is 15.9 Å². The maximum atomic E-state index is 3.50. The zero-order valence-electron chi connectivity index (χ0n) is 12.5. The van der Waals surface area contributed by atoms with Crippen LogP contribution in [-0.2, 0) is 0 Å². The van der Waals surface area contributed by atoms with Gasteiger partial charge in [0.1, 0.15) is 6.04 Å². The van der Waals surface area contributed by atoms with Gasteiger partial charge in [0, 0.05) is 15.7 Å². The summed E-state index contributed by atoms with van der Waals surface area (Å²) in [5, 5.41) is 3.50. The third-order valence-electron chi connectivity index (χ3n) is 3.42. The topological polar surface area (TPSA) is 12.0 Å². The van der Waals surface area contributed by atoms with Gasteiger partial charge in [-0.15, -0.1) is 0 Å². The Morgan fingerprint density at radius 2 is 1.35 bits per heavy atom. The second kappa shape index (κ2) is 7.67. The van der Waals surface area contributed by atoms with Crippen molar-refractivity contribution in [2.45, 2.75) is 6.04 Å².